The number of hydrogen-bond acceptors (Lipinski definition) is 2. The summed E-state index contributed by atoms with van der Waals surface area (Å²) in [6.45, 7) is 10.2. The first kappa shape index (κ1) is 14.9. The van der Waals surface area contributed by atoms with Gasteiger partial charge in [0.2, 0.25) is 0 Å². The summed E-state index contributed by atoms with van der Waals surface area (Å²) < 4.78 is 5.38. The van der Waals surface area contributed by atoms with Gasteiger partial charge in [-0.3, -0.25) is 4.79 Å². The fourth-order valence-electron chi connectivity index (χ4n) is 2.36. The summed E-state index contributed by atoms with van der Waals surface area (Å²) in [5.41, 5.74) is 3.32. The number of benzene rings is 1. The van der Waals surface area contributed by atoms with Crippen LogP contribution in [0.4, 0.5) is 0 Å². The molecule has 0 amide bonds. The van der Waals surface area contributed by atoms with E-state index in [0.29, 0.717) is 6.42 Å². The summed E-state index contributed by atoms with van der Waals surface area (Å²) in [7, 11) is 1.61. The first-order chi connectivity index (χ1) is 8.27. The van der Waals surface area contributed by atoms with Crippen molar-refractivity contribution in [3.63, 3.8) is 0 Å². The first-order valence-corrected chi connectivity index (χ1v) is 6.38. The molecular formula is C16H24O2. The van der Waals surface area contributed by atoms with Gasteiger partial charge in [0.05, 0.1) is 0 Å². The van der Waals surface area contributed by atoms with Crippen LogP contribution >= 0.6 is 0 Å². The predicted molar refractivity (Wildman–Crippen MR) is 74.9 cm³/mol. The van der Waals surface area contributed by atoms with Gasteiger partial charge in [-0.15, -0.1) is 0 Å². The van der Waals surface area contributed by atoms with E-state index in [-0.39, 0.29) is 17.3 Å². The quantitative estimate of drug-likeness (QED) is 0.815. The molecule has 0 aliphatic heterocycles. The number of hydrogen-bond donors (Lipinski definition) is 0. The zero-order valence-corrected chi connectivity index (χ0v) is 12.3. The summed E-state index contributed by atoms with van der Waals surface area (Å²) in [4.78, 5) is 12.4. The Kier molecular flexibility index (Phi) is 4.69. The molecule has 18 heavy (non-hydrogen) atoms. The van der Waals surface area contributed by atoms with Crippen LogP contribution in [-0.4, -0.2) is 19.0 Å². The highest BCUT2D eigenvalue weighted by molar-refractivity contribution is 5.86. The fourth-order valence-corrected chi connectivity index (χ4v) is 2.36. The molecule has 0 aliphatic rings. The topological polar surface area (TPSA) is 26.3 Å². The van der Waals surface area contributed by atoms with Crippen LogP contribution in [0.1, 0.15) is 37.5 Å². The molecule has 1 unspecified atom stereocenters. The second-order valence-corrected chi connectivity index (χ2v) is 6.00. The SMILES string of the molecule is COC(C(=O)Cc1c(C)cccc1C)C(C)(C)C. The molecule has 0 heterocycles. The Labute approximate surface area is 110 Å². The van der Waals surface area contributed by atoms with Crippen molar-refractivity contribution in [3.8, 4) is 0 Å². The minimum atomic E-state index is -0.350. The van der Waals surface area contributed by atoms with Gasteiger partial charge in [-0.25, -0.2) is 0 Å². The molecule has 1 rings (SSSR count). The Hall–Kier alpha value is -1.15. The van der Waals surface area contributed by atoms with E-state index in [4.69, 9.17) is 4.74 Å². The summed E-state index contributed by atoms with van der Waals surface area (Å²) >= 11 is 0. The third kappa shape index (κ3) is 3.42. The van der Waals surface area contributed by atoms with E-state index < -0.39 is 0 Å². The molecule has 0 radical (unpaired) electrons. The Morgan fingerprint density at radius 2 is 1.72 bits per heavy atom. The smallest absolute Gasteiger partial charge is 0.166 e. The van der Waals surface area contributed by atoms with E-state index in [1.807, 2.05) is 26.8 Å². The Bertz CT molecular complexity index is 407. The molecule has 0 saturated carbocycles. The number of ketones is 1. The number of methoxy groups -OCH3 is 1. The number of Topliss-reactive ketones (excluding diaryl/α,β-unsaturated/α-hetero) is 1. The highest BCUT2D eigenvalue weighted by Crippen LogP contribution is 2.25. The van der Waals surface area contributed by atoms with E-state index in [0.717, 1.165) is 5.56 Å². The van der Waals surface area contributed by atoms with E-state index in [1.54, 1.807) is 7.11 Å². The zero-order chi connectivity index (χ0) is 13.9. The molecule has 0 fully saturated rings. The molecule has 2 heteroatoms. The van der Waals surface area contributed by atoms with Crippen molar-refractivity contribution in [2.75, 3.05) is 7.11 Å². The normalized spacial score (nSPS) is 13.4. The van der Waals surface area contributed by atoms with Crippen LogP contribution in [-0.2, 0) is 16.0 Å². The molecule has 0 aliphatic carbocycles. The second-order valence-electron chi connectivity index (χ2n) is 6.00. The number of ether oxygens (including phenoxy) is 1. The maximum atomic E-state index is 12.4. The van der Waals surface area contributed by atoms with Crippen molar-refractivity contribution in [3.05, 3.63) is 34.9 Å². The largest absolute Gasteiger partial charge is 0.373 e. The van der Waals surface area contributed by atoms with Gasteiger partial charge in [0.15, 0.2) is 5.78 Å². The third-order valence-corrected chi connectivity index (χ3v) is 3.31. The lowest BCUT2D eigenvalue weighted by Crippen LogP contribution is -2.37. The van der Waals surface area contributed by atoms with Crippen molar-refractivity contribution in [1.29, 1.82) is 0 Å². The number of carbonyl (C=O) groups is 1. The summed E-state index contributed by atoms with van der Waals surface area (Å²) in [5, 5.41) is 0. The lowest BCUT2D eigenvalue weighted by Gasteiger charge is -2.28. The van der Waals surface area contributed by atoms with E-state index in [9.17, 15) is 4.79 Å². The minimum Gasteiger partial charge on any atom is -0.373 e. The Balaban J connectivity index is 2.94. The van der Waals surface area contributed by atoms with E-state index in [1.165, 1.54) is 11.1 Å². The number of carbonyl (C=O) groups excluding carboxylic acids is 1. The zero-order valence-electron chi connectivity index (χ0n) is 12.3. The molecule has 0 saturated heterocycles. The molecule has 0 N–H and O–H groups in total. The molecule has 2 nitrogen and oxygen atoms in total. The van der Waals surface area contributed by atoms with Crippen molar-refractivity contribution in [2.24, 2.45) is 5.41 Å². The maximum absolute atomic E-state index is 12.4. The number of aryl methyl sites for hydroxylation is 2. The summed E-state index contributed by atoms with van der Waals surface area (Å²) in [6.07, 6.45) is 0.102. The minimum absolute atomic E-state index is 0.155. The van der Waals surface area contributed by atoms with Crippen LogP contribution < -0.4 is 0 Å². The summed E-state index contributed by atoms with van der Waals surface area (Å²) in [6, 6.07) is 6.12. The lowest BCUT2D eigenvalue weighted by molar-refractivity contribution is -0.134. The van der Waals surface area contributed by atoms with Gasteiger partial charge in [0.25, 0.3) is 0 Å². The van der Waals surface area contributed by atoms with Gasteiger partial charge < -0.3 is 4.74 Å². The van der Waals surface area contributed by atoms with E-state index in [2.05, 4.69) is 26.0 Å². The Morgan fingerprint density at radius 1 is 1.22 bits per heavy atom. The molecule has 100 valence electrons. The lowest BCUT2D eigenvalue weighted by atomic mass is 9.83. The average molecular weight is 248 g/mol. The Morgan fingerprint density at radius 3 is 2.11 bits per heavy atom. The molecule has 0 bridgehead atoms. The average Bonchev–Trinajstić information content (AvgIpc) is 2.22. The van der Waals surface area contributed by atoms with Crippen LogP contribution in [0.5, 0.6) is 0 Å². The van der Waals surface area contributed by atoms with Gasteiger partial charge in [-0.2, -0.15) is 0 Å². The number of rotatable bonds is 4. The standard InChI is InChI=1S/C16H24O2/c1-11-8-7-9-12(2)13(11)10-14(17)15(18-6)16(3,4)5/h7-9,15H,10H2,1-6H3. The van der Waals surface area contributed by atoms with Crippen LogP contribution in [0.3, 0.4) is 0 Å². The van der Waals surface area contributed by atoms with Gasteiger partial charge >= 0.3 is 0 Å². The van der Waals surface area contributed by atoms with Gasteiger partial charge in [-0.1, -0.05) is 39.0 Å². The monoisotopic (exact) mass is 248 g/mol. The highest BCUT2D eigenvalue weighted by atomic mass is 16.5. The third-order valence-electron chi connectivity index (χ3n) is 3.31. The van der Waals surface area contributed by atoms with Crippen molar-refractivity contribution < 1.29 is 9.53 Å². The van der Waals surface area contributed by atoms with Crippen molar-refractivity contribution in [2.45, 2.75) is 47.1 Å². The predicted octanol–water partition coefficient (Wildman–Crippen LogP) is 3.48. The molecule has 1 atom stereocenters. The highest BCUT2D eigenvalue weighted by Gasteiger charge is 2.31. The van der Waals surface area contributed by atoms with Crippen LogP contribution in [0.15, 0.2) is 18.2 Å². The molecular weight excluding hydrogens is 224 g/mol. The fraction of sp³-hybridized carbons (Fsp3) is 0.562. The molecule has 1 aromatic carbocycles. The van der Waals surface area contributed by atoms with Crippen LogP contribution in [0.2, 0.25) is 0 Å². The first-order valence-electron chi connectivity index (χ1n) is 6.38. The van der Waals surface area contributed by atoms with Gasteiger partial charge in [0.1, 0.15) is 6.10 Å². The van der Waals surface area contributed by atoms with Crippen molar-refractivity contribution in [1.82, 2.24) is 0 Å². The van der Waals surface area contributed by atoms with Gasteiger partial charge in [-0.05, 0) is 36.0 Å². The van der Waals surface area contributed by atoms with Crippen LogP contribution in [0.25, 0.3) is 0 Å². The second kappa shape index (κ2) is 5.66. The molecule has 0 spiro atoms. The van der Waals surface area contributed by atoms with Crippen molar-refractivity contribution >= 4 is 5.78 Å². The molecule has 1 aromatic rings. The molecule has 0 aromatic heterocycles. The summed E-state index contributed by atoms with van der Waals surface area (Å²) in [5.74, 6) is 0.155. The van der Waals surface area contributed by atoms with Gasteiger partial charge in [0, 0.05) is 13.5 Å². The van der Waals surface area contributed by atoms with E-state index >= 15 is 0 Å². The van der Waals surface area contributed by atoms with Crippen LogP contribution in [0, 0.1) is 19.3 Å². The maximum Gasteiger partial charge on any atom is 0.166 e.